The molecule has 2 N–H and O–H groups in total. The molecule has 1 saturated heterocycles. The molecule has 0 saturated carbocycles. The molecular formula is C28H34N2O8. The average molecular weight is 527 g/mol. The van der Waals surface area contributed by atoms with Crippen LogP contribution in [-0.2, 0) is 14.3 Å². The Labute approximate surface area is 221 Å². The molecule has 38 heavy (non-hydrogen) atoms. The summed E-state index contributed by atoms with van der Waals surface area (Å²) in [5, 5.41) is 13.7. The highest BCUT2D eigenvalue weighted by atomic mass is 16.7. The van der Waals surface area contributed by atoms with E-state index in [1.54, 1.807) is 12.1 Å². The van der Waals surface area contributed by atoms with E-state index in [0.717, 1.165) is 36.1 Å². The van der Waals surface area contributed by atoms with Gasteiger partial charge in [-0.1, -0.05) is 0 Å². The SMILES string of the molecule is COc1cc(C2c3cc4c(cc3C(NC(=O)CCCCN(C)C)C3COC(=O)C23)OCO4)cc(OC)c1O. The summed E-state index contributed by atoms with van der Waals surface area (Å²) < 4.78 is 27.7. The minimum atomic E-state index is -0.569. The van der Waals surface area contributed by atoms with E-state index in [0.29, 0.717) is 17.9 Å². The van der Waals surface area contributed by atoms with Gasteiger partial charge in [-0.3, -0.25) is 9.59 Å². The van der Waals surface area contributed by atoms with Gasteiger partial charge in [-0.05, 0) is 74.4 Å². The molecular weight excluding hydrogens is 492 g/mol. The number of phenols is 1. The standard InChI is InChI=1S/C28H34N2O8/c1-30(2)8-6-5-7-23(31)29-26-17-12-20-19(37-14-38-20)11-16(17)24(25-18(26)13-36-28(25)33)15-9-21(34-3)27(32)22(10-15)35-4/h9-12,18,24-26,32H,5-8,13-14H2,1-4H3,(H,29,31). The third-order valence-electron chi connectivity index (χ3n) is 7.62. The van der Waals surface area contributed by atoms with E-state index in [4.69, 9.17) is 23.7 Å². The molecule has 2 aromatic carbocycles. The van der Waals surface area contributed by atoms with Crippen LogP contribution >= 0.6 is 0 Å². The van der Waals surface area contributed by atoms with Gasteiger partial charge in [-0.2, -0.15) is 0 Å². The molecule has 0 bridgehead atoms. The summed E-state index contributed by atoms with van der Waals surface area (Å²) in [5.41, 5.74) is 2.40. The van der Waals surface area contributed by atoms with Crippen molar-refractivity contribution in [1.29, 1.82) is 0 Å². The van der Waals surface area contributed by atoms with E-state index in [2.05, 4.69) is 10.2 Å². The zero-order valence-corrected chi connectivity index (χ0v) is 22.1. The van der Waals surface area contributed by atoms with Crippen molar-refractivity contribution in [2.75, 3.05) is 48.3 Å². The maximum absolute atomic E-state index is 13.2. The minimum absolute atomic E-state index is 0.0677. The number of aromatic hydroxyl groups is 1. The van der Waals surface area contributed by atoms with Crippen LogP contribution in [0, 0.1) is 11.8 Å². The molecule has 2 heterocycles. The number of nitrogens with one attached hydrogen (secondary N) is 1. The molecule has 0 aromatic heterocycles. The molecule has 4 atom stereocenters. The van der Waals surface area contributed by atoms with Gasteiger partial charge in [0.1, 0.15) is 0 Å². The highest BCUT2D eigenvalue weighted by Gasteiger charge is 2.53. The number of phenolic OH excluding ortho intramolecular Hbond substituents is 1. The second kappa shape index (κ2) is 10.6. The maximum Gasteiger partial charge on any atom is 0.310 e. The fourth-order valence-electron chi connectivity index (χ4n) is 5.80. The van der Waals surface area contributed by atoms with Crippen LogP contribution in [0.1, 0.15) is 47.9 Å². The van der Waals surface area contributed by atoms with E-state index in [1.165, 1.54) is 14.2 Å². The lowest BCUT2D eigenvalue weighted by molar-refractivity contribution is -0.141. The van der Waals surface area contributed by atoms with Gasteiger partial charge in [-0.25, -0.2) is 0 Å². The number of carbonyl (C=O) groups excluding carboxylic acids is 2. The number of amides is 1. The van der Waals surface area contributed by atoms with Crippen LogP contribution in [0.5, 0.6) is 28.7 Å². The van der Waals surface area contributed by atoms with Crippen molar-refractivity contribution in [3.63, 3.8) is 0 Å². The summed E-state index contributed by atoms with van der Waals surface area (Å²) in [7, 11) is 6.94. The van der Waals surface area contributed by atoms with Gasteiger partial charge in [0.2, 0.25) is 18.4 Å². The average Bonchev–Trinajstić information content (AvgIpc) is 3.52. The lowest BCUT2D eigenvalue weighted by Crippen LogP contribution is -2.42. The second-order valence-electron chi connectivity index (χ2n) is 10.2. The molecule has 10 heteroatoms. The third-order valence-corrected chi connectivity index (χ3v) is 7.62. The quantitative estimate of drug-likeness (QED) is 0.376. The third kappa shape index (κ3) is 4.69. The minimum Gasteiger partial charge on any atom is -0.502 e. The first-order valence-corrected chi connectivity index (χ1v) is 12.8. The van der Waals surface area contributed by atoms with Crippen molar-refractivity contribution in [3.8, 4) is 28.7 Å². The fourth-order valence-corrected chi connectivity index (χ4v) is 5.80. The number of unbranched alkanes of at least 4 members (excludes halogenated alkanes) is 1. The van der Waals surface area contributed by atoms with Crippen LogP contribution in [0.25, 0.3) is 0 Å². The molecule has 4 unspecified atom stereocenters. The van der Waals surface area contributed by atoms with Crippen LogP contribution in [0.3, 0.4) is 0 Å². The van der Waals surface area contributed by atoms with Crippen LogP contribution < -0.4 is 24.3 Å². The number of methoxy groups -OCH3 is 2. The van der Waals surface area contributed by atoms with Crippen molar-refractivity contribution < 1.29 is 38.4 Å². The number of nitrogens with zero attached hydrogens (tertiary/aromatic N) is 1. The fraction of sp³-hybridized carbons (Fsp3) is 0.500. The molecule has 3 aliphatic rings. The van der Waals surface area contributed by atoms with Crippen molar-refractivity contribution in [1.82, 2.24) is 10.2 Å². The first-order valence-electron chi connectivity index (χ1n) is 12.8. The topological polar surface area (TPSA) is 116 Å². The molecule has 1 fully saturated rings. The van der Waals surface area contributed by atoms with Gasteiger partial charge < -0.3 is 39.0 Å². The zero-order chi connectivity index (χ0) is 27.0. The van der Waals surface area contributed by atoms with E-state index < -0.39 is 17.9 Å². The highest BCUT2D eigenvalue weighted by Crippen LogP contribution is 2.55. The Morgan fingerprint density at radius 2 is 1.68 bits per heavy atom. The summed E-state index contributed by atoms with van der Waals surface area (Å²) in [4.78, 5) is 28.4. The van der Waals surface area contributed by atoms with Gasteiger partial charge in [0.15, 0.2) is 23.0 Å². The van der Waals surface area contributed by atoms with E-state index in [9.17, 15) is 14.7 Å². The Balaban J connectivity index is 1.56. The van der Waals surface area contributed by atoms with E-state index >= 15 is 0 Å². The van der Waals surface area contributed by atoms with Gasteiger partial charge in [0.25, 0.3) is 0 Å². The van der Waals surface area contributed by atoms with Crippen molar-refractivity contribution >= 4 is 11.9 Å². The Morgan fingerprint density at radius 3 is 2.32 bits per heavy atom. The summed E-state index contributed by atoms with van der Waals surface area (Å²) in [6.45, 7) is 1.20. The Morgan fingerprint density at radius 1 is 1.03 bits per heavy atom. The molecule has 1 aliphatic carbocycles. The number of cyclic esters (lactones) is 1. The zero-order valence-electron chi connectivity index (χ0n) is 22.1. The molecule has 0 spiro atoms. The van der Waals surface area contributed by atoms with Gasteiger partial charge >= 0.3 is 5.97 Å². The van der Waals surface area contributed by atoms with Crippen LogP contribution in [0.4, 0.5) is 0 Å². The predicted octanol–water partition coefficient (Wildman–Crippen LogP) is 2.96. The number of esters is 1. The van der Waals surface area contributed by atoms with Gasteiger partial charge in [0, 0.05) is 18.3 Å². The van der Waals surface area contributed by atoms with E-state index in [1.807, 2.05) is 26.2 Å². The molecule has 0 radical (unpaired) electrons. The summed E-state index contributed by atoms with van der Waals surface area (Å²) in [6.07, 6.45) is 2.08. The normalized spacial score (nSPS) is 23.0. The molecule has 204 valence electrons. The molecule has 5 rings (SSSR count). The number of ether oxygens (including phenoxy) is 5. The molecule has 2 aromatic rings. The van der Waals surface area contributed by atoms with E-state index in [-0.39, 0.29) is 48.4 Å². The van der Waals surface area contributed by atoms with Crippen LogP contribution in [0.15, 0.2) is 24.3 Å². The number of rotatable bonds is 9. The van der Waals surface area contributed by atoms with Gasteiger partial charge in [0.05, 0.1) is 32.8 Å². The molecule has 2 aliphatic heterocycles. The maximum atomic E-state index is 13.2. The van der Waals surface area contributed by atoms with Crippen molar-refractivity contribution in [2.45, 2.75) is 31.2 Å². The Bertz CT molecular complexity index is 1200. The Hall–Kier alpha value is -3.66. The number of hydrogen-bond acceptors (Lipinski definition) is 9. The highest BCUT2D eigenvalue weighted by molar-refractivity contribution is 5.81. The molecule has 1 amide bonds. The largest absolute Gasteiger partial charge is 0.502 e. The first-order chi connectivity index (χ1) is 18.3. The summed E-state index contributed by atoms with van der Waals surface area (Å²) >= 11 is 0. The number of fused-ring (bicyclic) bond motifs is 3. The number of hydrogen-bond donors (Lipinski definition) is 2. The Kier molecular flexibility index (Phi) is 7.25. The molecule has 10 nitrogen and oxygen atoms in total. The summed E-state index contributed by atoms with van der Waals surface area (Å²) in [6, 6.07) is 6.77. The smallest absolute Gasteiger partial charge is 0.310 e. The lowest BCUT2D eigenvalue weighted by Gasteiger charge is -2.39. The monoisotopic (exact) mass is 526 g/mol. The van der Waals surface area contributed by atoms with Crippen LogP contribution in [-0.4, -0.2) is 70.1 Å². The lowest BCUT2D eigenvalue weighted by atomic mass is 9.65. The first kappa shape index (κ1) is 26.0. The second-order valence-corrected chi connectivity index (χ2v) is 10.2. The van der Waals surface area contributed by atoms with Crippen LogP contribution in [0.2, 0.25) is 0 Å². The van der Waals surface area contributed by atoms with Crippen molar-refractivity contribution in [2.24, 2.45) is 11.8 Å². The predicted molar refractivity (Wildman–Crippen MR) is 137 cm³/mol. The van der Waals surface area contributed by atoms with Crippen molar-refractivity contribution in [3.05, 3.63) is 41.0 Å². The van der Waals surface area contributed by atoms with Gasteiger partial charge in [-0.15, -0.1) is 0 Å². The number of carbonyl (C=O) groups is 2. The number of benzene rings is 2. The summed E-state index contributed by atoms with van der Waals surface area (Å²) in [5.74, 6) is -0.196.